The van der Waals surface area contributed by atoms with Crippen LogP contribution in [0.15, 0.2) is 5.16 Å². The molecule has 6 aliphatic carbocycles. The van der Waals surface area contributed by atoms with Crippen LogP contribution in [0.2, 0.25) is 0 Å². The van der Waals surface area contributed by atoms with Crippen molar-refractivity contribution in [2.24, 2.45) is 45.1 Å². The summed E-state index contributed by atoms with van der Waals surface area (Å²) >= 11 is 0. The zero-order chi connectivity index (χ0) is 17.6. The van der Waals surface area contributed by atoms with Crippen LogP contribution >= 0.6 is 0 Å². The maximum absolute atomic E-state index is 13.0. The Morgan fingerprint density at radius 2 is 1.60 bits per heavy atom. The van der Waals surface area contributed by atoms with E-state index in [1.807, 2.05) is 0 Å². The van der Waals surface area contributed by atoms with Crippen molar-refractivity contribution < 1.29 is 14.4 Å². The smallest absolute Gasteiger partial charge is 0.317 e. The summed E-state index contributed by atoms with van der Waals surface area (Å²) in [6, 6.07) is 0. The minimum absolute atomic E-state index is 0.0873. The Kier molecular flexibility index (Phi) is 3.04. The van der Waals surface area contributed by atoms with Crippen LogP contribution in [0, 0.1) is 39.9 Å². The summed E-state index contributed by atoms with van der Waals surface area (Å²) < 4.78 is 0. The Balaban J connectivity index is 1.38. The van der Waals surface area contributed by atoms with Crippen LogP contribution < -0.4 is 0 Å². The fourth-order valence-corrected chi connectivity index (χ4v) is 7.48. The van der Waals surface area contributed by atoms with Gasteiger partial charge in [-0.2, -0.15) is 0 Å². The lowest BCUT2D eigenvalue weighted by Crippen LogP contribution is -2.50. The molecule has 0 N–H and O–H groups in total. The van der Waals surface area contributed by atoms with Gasteiger partial charge in [-0.1, -0.05) is 25.9 Å². The highest BCUT2D eigenvalue weighted by Gasteiger charge is 2.65. The third kappa shape index (κ3) is 1.92. The Labute approximate surface area is 149 Å². The molecule has 6 rings (SSSR count). The van der Waals surface area contributed by atoms with Gasteiger partial charge in [0.15, 0.2) is 5.78 Å². The van der Waals surface area contributed by atoms with Crippen molar-refractivity contribution in [2.75, 3.05) is 0 Å². The summed E-state index contributed by atoms with van der Waals surface area (Å²) in [7, 11) is 0. The number of Topliss-reactive ketones (excluding diaryl/α,β-unsaturated/α-hetero) is 1. The maximum Gasteiger partial charge on any atom is 0.341 e. The van der Waals surface area contributed by atoms with E-state index in [1.54, 1.807) is 0 Å². The Morgan fingerprint density at radius 3 is 2.08 bits per heavy atom. The van der Waals surface area contributed by atoms with Crippen molar-refractivity contribution in [3.8, 4) is 0 Å². The third-order valence-corrected chi connectivity index (χ3v) is 8.99. The highest BCUT2D eigenvalue weighted by molar-refractivity contribution is 6.45. The zero-order valence-corrected chi connectivity index (χ0v) is 15.6. The molecule has 6 bridgehead atoms. The molecular formula is C21H29NO3. The van der Waals surface area contributed by atoms with Gasteiger partial charge in [-0.3, -0.25) is 4.79 Å². The maximum atomic E-state index is 13.0. The van der Waals surface area contributed by atoms with E-state index in [0.717, 1.165) is 32.1 Å². The Hall–Kier alpha value is -1.19. The van der Waals surface area contributed by atoms with Gasteiger partial charge in [0, 0.05) is 11.3 Å². The lowest BCUT2D eigenvalue weighted by Gasteiger charge is -2.54. The minimum atomic E-state index is -0.344. The van der Waals surface area contributed by atoms with E-state index in [4.69, 9.17) is 4.84 Å². The van der Waals surface area contributed by atoms with Gasteiger partial charge >= 0.3 is 5.97 Å². The summed E-state index contributed by atoms with van der Waals surface area (Å²) in [6.45, 7) is 6.37. The van der Waals surface area contributed by atoms with E-state index in [0.29, 0.717) is 23.5 Å². The molecule has 6 saturated carbocycles. The second-order valence-electron chi connectivity index (χ2n) is 10.5. The van der Waals surface area contributed by atoms with E-state index in [2.05, 4.69) is 25.9 Å². The van der Waals surface area contributed by atoms with Crippen LogP contribution in [0.25, 0.3) is 0 Å². The summed E-state index contributed by atoms with van der Waals surface area (Å²) in [5.74, 6) is 2.19. The topological polar surface area (TPSA) is 55.7 Å². The van der Waals surface area contributed by atoms with Crippen LogP contribution in [0.4, 0.5) is 0 Å². The molecule has 136 valence electrons. The van der Waals surface area contributed by atoms with E-state index in [-0.39, 0.29) is 33.9 Å². The first-order valence-electron chi connectivity index (χ1n) is 10.1. The number of carbonyl (C=O) groups excluding carboxylic acids is 2. The molecule has 2 atom stereocenters. The molecule has 0 aromatic carbocycles. The van der Waals surface area contributed by atoms with E-state index in [1.165, 1.54) is 19.3 Å². The monoisotopic (exact) mass is 343 g/mol. The molecular weight excluding hydrogens is 314 g/mol. The summed E-state index contributed by atoms with van der Waals surface area (Å²) in [5, 5.41) is 4.20. The lowest BCUT2D eigenvalue weighted by molar-refractivity contribution is -0.171. The second kappa shape index (κ2) is 4.75. The van der Waals surface area contributed by atoms with Gasteiger partial charge in [0.1, 0.15) is 5.71 Å². The average Bonchev–Trinajstić information content (AvgIpc) is 2.84. The van der Waals surface area contributed by atoms with E-state index in [9.17, 15) is 9.59 Å². The molecule has 0 amide bonds. The minimum Gasteiger partial charge on any atom is -0.317 e. The quantitative estimate of drug-likeness (QED) is 0.559. The van der Waals surface area contributed by atoms with Crippen LogP contribution in [0.1, 0.15) is 72.1 Å². The normalized spacial score (nSPS) is 50.7. The lowest BCUT2D eigenvalue weighted by atomic mass is 9.49. The van der Waals surface area contributed by atoms with E-state index >= 15 is 0 Å². The summed E-state index contributed by atoms with van der Waals surface area (Å²) in [6.07, 6.45) is 8.72. The standard InChI is InChI=1S/C21H29NO3/c1-19(2)15-4-5-20(19,3)17(23)16(15)22-25-18(24)21-9-12-6-13(10-21)8-14(7-12)11-21/h12-15H,4-11H2,1-3H3/b22-16-. The van der Waals surface area contributed by atoms with Gasteiger partial charge in [-0.05, 0) is 74.5 Å². The van der Waals surface area contributed by atoms with Crippen molar-refractivity contribution in [3.63, 3.8) is 0 Å². The van der Waals surface area contributed by atoms with Gasteiger partial charge in [0.25, 0.3) is 0 Å². The number of nitrogens with zero attached hydrogens (tertiary/aromatic N) is 1. The number of oxime groups is 1. The van der Waals surface area contributed by atoms with E-state index < -0.39 is 0 Å². The van der Waals surface area contributed by atoms with Gasteiger partial charge in [0.05, 0.1) is 5.41 Å². The zero-order valence-electron chi connectivity index (χ0n) is 15.6. The molecule has 6 aliphatic rings. The van der Waals surface area contributed by atoms with Crippen LogP contribution in [-0.4, -0.2) is 17.5 Å². The van der Waals surface area contributed by atoms with Crippen LogP contribution in [0.3, 0.4) is 0 Å². The molecule has 4 nitrogen and oxygen atoms in total. The number of ketones is 1. The number of fused-ring (bicyclic) bond motifs is 2. The molecule has 0 aliphatic heterocycles. The van der Waals surface area contributed by atoms with Crippen molar-refractivity contribution >= 4 is 17.5 Å². The van der Waals surface area contributed by atoms with Crippen molar-refractivity contribution in [1.82, 2.24) is 0 Å². The average molecular weight is 343 g/mol. The Morgan fingerprint density at radius 1 is 1.04 bits per heavy atom. The highest BCUT2D eigenvalue weighted by atomic mass is 16.7. The van der Waals surface area contributed by atoms with Crippen molar-refractivity contribution in [3.05, 3.63) is 0 Å². The molecule has 0 saturated heterocycles. The number of rotatable bonds is 2. The fraction of sp³-hybridized carbons (Fsp3) is 0.857. The number of hydrogen-bond acceptors (Lipinski definition) is 4. The van der Waals surface area contributed by atoms with Crippen molar-refractivity contribution in [2.45, 2.75) is 72.1 Å². The largest absolute Gasteiger partial charge is 0.341 e. The van der Waals surface area contributed by atoms with Gasteiger partial charge in [0.2, 0.25) is 0 Å². The first kappa shape index (κ1) is 16.0. The molecule has 6 fully saturated rings. The Bertz CT molecular complexity index is 656. The predicted molar refractivity (Wildman–Crippen MR) is 93.8 cm³/mol. The molecule has 25 heavy (non-hydrogen) atoms. The summed E-state index contributed by atoms with van der Waals surface area (Å²) in [4.78, 5) is 31.3. The van der Waals surface area contributed by atoms with Gasteiger partial charge < -0.3 is 4.84 Å². The first-order chi connectivity index (χ1) is 11.8. The summed E-state index contributed by atoms with van der Waals surface area (Å²) in [5.41, 5.74) is -0.213. The van der Waals surface area contributed by atoms with Crippen LogP contribution in [-0.2, 0) is 14.4 Å². The molecule has 0 heterocycles. The van der Waals surface area contributed by atoms with Gasteiger partial charge in [-0.25, -0.2) is 4.79 Å². The molecule has 0 spiro atoms. The van der Waals surface area contributed by atoms with Crippen LogP contribution in [0.5, 0.6) is 0 Å². The predicted octanol–water partition coefficient (Wildman–Crippen LogP) is 4.13. The van der Waals surface area contributed by atoms with Gasteiger partial charge in [-0.15, -0.1) is 0 Å². The number of carbonyl (C=O) groups is 2. The number of hydrogen-bond donors (Lipinski definition) is 0. The van der Waals surface area contributed by atoms with Crippen molar-refractivity contribution in [1.29, 1.82) is 0 Å². The molecule has 0 radical (unpaired) electrons. The molecule has 0 aromatic rings. The molecule has 2 unspecified atom stereocenters. The SMILES string of the molecule is CC12CCC(/C(=N/OC(=O)C34CC5CC(CC(C5)C3)C4)C1=O)C2(C)C. The third-order valence-electron chi connectivity index (χ3n) is 8.99. The molecule has 0 aromatic heterocycles. The molecule has 4 heteroatoms. The first-order valence-corrected chi connectivity index (χ1v) is 10.1. The second-order valence-corrected chi connectivity index (χ2v) is 10.5. The highest BCUT2D eigenvalue weighted by Crippen LogP contribution is 2.63. The fourth-order valence-electron chi connectivity index (χ4n) is 7.48.